The second-order valence-corrected chi connectivity index (χ2v) is 4.89. The number of anilines is 2. The molecule has 0 spiro atoms. The molecule has 0 radical (unpaired) electrons. The summed E-state index contributed by atoms with van der Waals surface area (Å²) in [5, 5.41) is 3.33. The maximum atomic E-state index is 5.58. The molecule has 0 aliphatic rings. The number of methoxy groups -OCH3 is 1. The molecular formula is C16H23N3O2. The van der Waals surface area contributed by atoms with Gasteiger partial charge in [0, 0.05) is 25.5 Å². The summed E-state index contributed by atoms with van der Waals surface area (Å²) in [5.41, 5.74) is 1.97. The van der Waals surface area contributed by atoms with Crippen molar-refractivity contribution in [3.05, 3.63) is 36.2 Å². The first-order chi connectivity index (χ1) is 10.2. The third-order valence-electron chi connectivity index (χ3n) is 3.02. The SMILES string of the molecule is CCCOc1ccc(Nc2nc(C)cn2CCOC)cc1. The Hall–Kier alpha value is -2.01. The molecule has 1 heterocycles. The standard InChI is InChI=1S/C16H23N3O2/c1-4-10-21-15-7-5-14(6-8-15)18-16-17-13(2)12-19(16)9-11-20-3/h5-8,12H,4,9-11H2,1-3H3,(H,17,18). The first-order valence-corrected chi connectivity index (χ1v) is 7.25. The topological polar surface area (TPSA) is 48.3 Å². The summed E-state index contributed by atoms with van der Waals surface area (Å²) in [6.07, 6.45) is 3.02. The Labute approximate surface area is 125 Å². The number of aromatic nitrogens is 2. The molecule has 0 amide bonds. The largest absolute Gasteiger partial charge is 0.494 e. The van der Waals surface area contributed by atoms with E-state index in [1.165, 1.54) is 0 Å². The molecule has 114 valence electrons. The minimum atomic E-state index is 0.661. The predicted molar refractivity (Wildman–Crippen MR) is 84.4 cm³/mol. The van der Waals surface area contributed by atoms with Gasteiger partial charge in [0.25, 0.3) is 0 Å². The molecular weight excluding hydrogens is 266 g/mol. The van der Waals surface area contributed by atoms with Crippen LogP contribution in [0.4, 0.5) is 11.6 Å². The zero-order valence-corrected chi connectivity index (χ0v) is 12.9. The molecule has 1 aromatic carbocycles. The van der Waals surface area contributed by atoms with Crippen LogP contribution in [0, 0.1) is 6.92 Å². The second-order valence-electron chi connectivity index (χ2n) is 4.89. The van der Waals surface area contributed by atoms with Gasteiger partial charge in [-0.15, -0.1) is 0 Å². The number of ether oxygens (including phenoxy) is 2. The van der Waals surface area contributed by atoms with Gasteiger partial charge in [-0.1, -0.05) is 6.92 Å². The number of benzene rings is 1. The molecule has 0 bridgehead atoms. The van der Waals surface area contributed by atoms with Gasteiger partial charge in [-0.2, -0.15) is 0 Å². The van der Waals surface area contributed by atoms with E-state index in [9.17, 15) is 0 Å². The van der Waals surface area contributed by atoms with Gasteiger partial charge in [0.1, 0.15) is 5.75 Å². The molecule has 5 nitrogen and oxygen atoms in total. The third-order valence-corrected chi connectivity index (χ3v) is 3.02. The van der Waals surface area contributed by atoms with E-state index < -0.39 is 0 Å². The molecule has 1 N–H and O–H groups in total. The summed E-state index contributed by atoms with van der Waals surface area (Å²) < 4.78 is 12.8. The van der Waals surface area contributed by atoms with Crippen molar-refractivity contribution in [1.82, 2.24) is 9.55 Å². The van der Waals surface area contributed by atoms with Crippen molar-refractivity contribution in [1.29, 1.82) is 0 Å². The Morgan fingerprint density at radius 2 is 1.95 bits per heavy atom. The fraction of sp³-hybridized carbons (Fsp3) is 0.438. The lowest BCUT2D eigenvalue weighted by molar-refractivity contribution is 0.188. The molecule has 0 saturated heterocycles. The van der Waals surface area contributed by atoms with Crippen molar-refractivity contribution in [2.45, 2.75) is 26.8 Å². The lowest BCUT2D eigenvalue weighted by Gasteiger charge is -2.10. The molecule has 1 aromatic heterocycles. The Kier molecular flexibility index (Phi) is 5.63. The van der Waals surface area contributed by atoms with E-state index in [4.69, 9.17) is 9.47 Å². The molecule has 0 fully saturated rings. The minimum absolute atomic E-state index is 0.661. The van der Waals surface area contributed by atoms with Crippen LogP contribution in [0.25, 0.3) is 0 Å². The maximum absolute atomic E-state index is 5.58. The summed E-state index contributed by atoms with van der Waals surface area (Å²) in [6.45, 7) is 6.26. The average Bonchev–Trinajstić information content (AvgIpc) is 2.84. The smallest absolute Gasteiger partial charge is 0.207 e. The van der Waals surface area contributed by atoms with Crippen LogP contribution in [0.15, 0.2) is 30.5 Å². The zero-order chi connectivity index (χ0) is 15.1. The summed E-state index contributed by atoms with van der Waals surface area (Å²) in [7, 11) is 1.70. The van der Waals surface area contributed by atoms with Gasteiger partial charge in [-0.05, 0) is 37.6 Å². The van der Waals surface area contributed by atoms with Gasteiger partial charge < -0.3 is 19.4 Å². The van der Waals surface area contributed by atoms with Crippen molar-refractivity contribution in [3.63, 3.8) is 0 Å². The number of rotatable bonds is 8. The van der Waals surface area contributed by atoms with Crippen LogP contribution < -0.4 is 10.1 Å². The van der Waals surface area contributed by atoms with Crippen LogP contribution in [-0.2, 0) is 11.3 Å². The second kappa shape index (κ2) is 7.69. The quantitative estimate of drug-likeness (QED) is 0.809. The number of hydrogen-bond donors (Lipinski definition) is 1. The molecule has 0 saturated carbocycles. The van der Waals surface area contributed by atoms with Gasteiger partial charge >= 0.3 is 0 Å². The van der Waals surface area contributed by atoms with Crippen LogP contribution >= 0.6 is 0 Å². The average molecular weight is 289 g/mol. The molecule has 21 heavy (non-hydrogen) atoms. The number of aryl methyl sites for hydroxylation is 1. The van der Waals surface area contributed by atoms with Crippen LogP contribution in [0.5, 0.6) is 5.75 Å². The molecule has 5 heteroatoms. The Morgan fingerprint density at radius 3 is 2.62 bits per heavy atom. The lowest BCUT2D eigenvalue weighted by atomic mass is 10.3. The summed E-state index contributed by atoms with van der Waals surface area (Å²) >= 11 is 0. The van der Waals surface area contributed by atoms with Gasteiger partial charge in [0.2, 0.25) is 5.95 Å². The van der Waals surface area contributed by atoms with E-state index in [1.807, 2.05) is 37.4 Å². The Morgan fingerprint density at radius 1 is 1.19 bits per heavy atom. The van der Waals surface area contributed by atoms with E-state index in [-0.39, 0.29) is 0 Å². The van der Waals surface area contributed by atoms with Crippen LogP contribution in [0.3, 0.4) is 0 Å². The van der Waals surface area contributed by atoms with E-state index in [0.29, 0.717) is 6.61 Å². The van der Waals surface area contributed by atoms with Crippen molar-refractivity contribution >= 4 is 11.6 Å². The fourth-order valence-electron chi connectivity index (χ4n) is 1.99. The normalized spacial score (nSPS) is 10.6. The van der Waals surface area contributed by atoms with E-state index in [2.05, 4.69) is 21.8 Å². The molecule has 2 rings (SSSR count). The molecule has 2 aromatic rings. The number of nitrogens with zero attached hydrogens (tertiary/aromatic N) is 2. The summed E-state index contributed by atoms with van der Waals surface area (Å²) in [5.74, 6) is 1.72. The van der Waals surface area contributed by atoms with Crippen molar-refractivity contribution in [3.8, 4) is 5.75 Å². The van der Waals surface area contributed by atoms with Gasteiger partial charge in [-0.25, -0.2) is 4.98 Å². The van der Waals surface area contributed by atoms with Crippen molar-refractivity contribution in [2.75, 3.05) is 25.6 Å². The molecule has 0 unspecified atom stereocenters. The molecule has 0 atom stereocenters. The maximum Gasteiger partial charge on any atom is 0.207 e. The number of imidazole rings is 1. The monoisotopic (exact) mass is 289 g/mol. The van der Waals surface area contributed by atoms with Crippen LogP contribution in [0.1, 0.15) is 19.0 Å². The van der Waals surface area contributed by atoms with E-state index >= 15 is 0 Å². The first-order valence-electron chi connectivity index (χ1n) is 7.25. The van der Waals surface area contributed by atoms with E-state index in [1.54, 1.807) is 7.11 Å². The highest BCUT2D eigenvalue weighted by Crippen LogP contribution is 2.20. The Bertz CT molecular complexity index is 549. The summed E-state index contributed by atoms with van der Waals surface area (Å²) in [4.78, 5) is 4.50. The number of hydrogen-bond acceptors (Lipinski definition) is 4. The fourth-order valence-corrected chi connectivity index (χ4v) is 1.99. The highest BCUT2D eigenvalue weighted by molar-refractivity contribution is 5.55. The zero-order valence-electron chi connectivity index (χ0n) is 12.9. The molecule has 0 aliphatic carbocycles. The van der Waals surface area contributed by atoms with Crippen molar-refractivity contribution < 1.29 is 9.47 Å². The van der Waals surface area contributed by atoms with Gasteiger partial charge in [0.05, 0.1) is 18.9 Å². The highest BCUT2D eigenvalue weighted by Gasteiger charge is 2.06. The lowest BCUT2D eigenvalue weighted by Crippen LogP contribution is -2.07. The minimum Gasteiger partial charge on any atom is -0.494 e. The van der Waals surface area contributed by atoms with E-state index in [0.717, 1.165) is 42.7 Å². The van der Waals surface area contributed by atoms with Gasteiger partial charge in [-0.3, -0.25) is 0 Å². The third kappa shape index (κ3) is 4.49. The first kappa shape index (κ1) is 15.4. The molecule has 0 aliphatic heterocycles. The van der Waals surface area contributed by atoms with Crippen LogP contribution in [-0.4, -0.2) is 29.9 Å². The predicted octanol–water partition coefficient (Wildman–Crippen LogP) is 3.37. The highest BCUT2D eigenvalue weighted by atomic mass is 16.5. The summed E-state index contributed by atoms with van der Waals surface area (Å²) in [6, 6.07) is 7.92. The van der Waals surface area contributed by atoms with Gasteiger partial charge in [0.15, 0.2) is 0 Å². The Balaban J connectivity index is 2.03. The van der Waals surface area contributed by atoms with Crippen molar-refractivity contribution in [2.24, 2.45) is 0 Å². The van der Waals surface area contributed by atoms with Crippen LogP contribution in [0.2, 0.25) is 0 Å². The number of nitrogens with one attached hydrogen (secondary N) is 1.